The lowest BCUT2D eigenvalue weighted by Gasteiger charge is -2.22. The Kier molecular flexibility index (Phi) is 4.83. The van der Waals surface area contributed by atoms with E-state index in [2.05, 4.69) is 5.32 Å². The molecule has 0 bridgehead atoms. The third kappa shape index (κ3) is 4.88. The Bertz CT molecular complexity index is 153. The summed E-state index contributed by atoms with van der Waals surface area (Å²) in [6.45, 7) is 4.36. The van der Waals surface area contributed by atoms with Crippen LogP contribution in [0.2, 0.25) is 0 Å². The molecule has 1 N–H and O–H groups in total. The van der Waals surface area contributed by atoms with Gasteiger partial charge in [-0.25, -0.2) is 0 Å². The number of hydrogen-bond donors (Lipinski definition) is 1. The van der Waals surface area contributed by atoms with Crippen molar-refractivity contribution < 1.29 is 9.53 Å². The van der Waals surface area contributed by atoms with Crippen LogP contribution >= 0.6 is 0 Å². The molecule has 0 radical (unpaired) electrons. The van der Waals surface area contributed by atoms with Gasteiger partial charge in [-0.3, -0.25) is 4.79 Å². The Hall–Kier alpha value is -0.570. The monoisotopic (exact) mass is 185 g/mol. The molecule has 3 nitrogen and oxygen atoms in total. The lowest BCUT2D eigenvalue weighted by Crippen LogP contribution is -2.29. The van der Waals surface area contributed by atoms with Crippen molar-refractivity contribution in [1.29, 1.82) is 0 Å². The Morgan fingerprint density at radius 3 is 3.08 bits per heavy atom. The number of hydrogen-bond acceptors (Lipinski definition) is 3. The van der Waals surface area contributed by atoms with Crippen LogP contribution in [0.3, 0.4) is 0 Å². The molecule has 76 valence electrons. The summed E-state index contributed by atoms with van der Waals surface area (Å²) in [4.78, 5) is 10.5. The molecule has 0 spiro atoms. The van der Waals surface area contributed by atoms with E-state index in [-0.39, 0.29) is 5.97 Å². The largest absolute Gasteiger partial charge is 0.466 e. The van der Waals surface area contributed by atoms with Crippen LogP contribution in [0, 0.1) is 5.92 Å². The first kappa shape index (κ1) is 10.5. The number of ether oxygens (including phenoxy) is 1. The molecule has 1 heterocycles. The standard InChI is InChI=1S/C10H19NO2/c1-9(12)13-7-3-5-10-4-2-6-11-8-10/h10-11H,2-8H2,1H3. The second-order valence-electron chi connectivity index (χ2n) is 3.69. The zero-order chi connectivity index (χ0) is 9.52. The first-order valence-electron chi connectivity index (χ1n) is 5.13. The molecular weight excluding hydrogens is 166 g/mol. The van der Waals surface area contributed by atoms with E-state index >= 15 is 0 Å². The summed E-state index contributed by atoms with van der Waals surface area (Å²) < 4.78 is 4.87. The van der Waals surface area contributed by atoms with Crippen LogP contribution in [0.4, 0.5) is 0 Å². The van der Waals surface area contributed by atoms with Crippen molar-refractivity contribution >= 4 is 5.97 Å². The van der Waals surface area contributed by atoms with Gasteiger partial charge in [0.25, 0.3) is 0 Å². The summed E-state index contributed by atoms with van der Waals surface area (Å²) in [5.74, 6) is 0.631. The highest BCUT2D eigenvalue weighted by Gasteiger charge is 2.11. The fourth-order valence-electron chi connectivity index (χ4n) is 1.76. The van der Waals surface area contributed by atoms with E-state index in [1.165, 1.54) is 32.7 Å². The summed E-state index contributed by atoms with van der Waals surface area (Å²) in [6.07, 6.45) is 4.80. The minimum absolute atomic E-state index is 0.165. The number of esters is 1. The van der Waals surface area contributed by atoms with E-state index in [1.807, 2.05) is 0 Å². The van der Waals surface area contributed by atoms with Gasteiger partial charge in [-0.15, -0.1) is 0 Å². The SMILES string of the molecule is CC(=O)OCCCC1CCCNC1. The summed E-state index contributed by atoms with van der Waals surface area (Å²) in [7, 11) is 0. The summed E-state index contributed by atoms with van der Waals surface area (Å²) in [6, 6.07) is 0. The molecule has 1 saturated heterocycles. The van der Waals surface area contributed by atoms with Crippen molar-refractivity contribution in [2.24, 2.45) is 5.92 Å². The summed E-state index contributed by atoms with van der Waals surface area (Å²) in [5.41, 5.74) is 0. The number of carbonyl (C=O) groups excluding carboxylic acids is 1. The number of carbonyl (C=O) groups is 1. The fraction of sp³-hybridized carbons (Fsp3) is 0.900. The van der Waals surface area contributed by atoms with E-state index in [0.717, 1.165) is 18.9 Å². The van der Waals surface area contributed by atoms with Gasteiger partial charge in [0.15, 0.2) is 0 Å². The predicted molar refractivity (Wildman–Crippen MR) is 51.5 cm³/mol. The quantitative estimate of drug-likeness (QED) is 0.530. The molecule has 13 heavy (non-hydrogen) atoms. The lowest BCUT2D eigenvalue weighted by molar-refractivity contribution is -0.141. The molecule has 0 aromatic rings. The average molecular weight is 185 g/mol. The van der Waals surface area contributed by atoms with Crippen molar-refractivity contribution in [3.8, 4) is 0 Å². The average Bonchev–Trinajstić information content (AvgIpc) is 2.14. The highest BCUT2D eigenvalue weighted by Crippen LogP contribution is 2.15. The molecule has 1 atom stereocenters. The van der Waals surface area contributed by atoms with Gasteiger partial charge in [0, 0.05) is 6.92 Å². The second-order valence-corrected chi connectivity index (χ2v) is 3.69. The summed E-state index contributed by atoms with van der Waals surface area (Å²) in [5, 5.41) is 3.38. The lowest BCUT2D eigenvalue weighted by atomic mass is 9.95. The van der Waals surface area contributed by atoms with Crippen molar-refractivity contribution in [3.05, 3.63) is 0 Å². The topological polar surface area (TPSA) is 38.3 Å². The van der Waals surface area contributed by atoms with Gasteiger partial charge >= 0.3 is 5.97 Å². The van der Waals surface area contributed by atoms with Gasteiger partial charge in [-0.2, -0.15) is 0 Å². The Morgan fingerprint density at radius 2 is 2.46 bits per heavy atom. The van der Waals surface area contributed by atoms with Gasteiger partial charge in [0.1, 0.15) is 0 Å². The van der Waals surface area contributed by atoms with E-state index in [9.17, 15) is 4.79 Å². The molecule has 1 rings (SSSR count). The maximum Gasteiger partial charge on any atom is 0.302 e. The van der Waals surface area contributed by atoms with Crippen LogP contribution < -0.4 is 5.32 Å². The highest BCUT2D eigenvalue weighted by atomic mass is 16.5. The van der Waals surface area contributed by atoms with Crippen LogP contribution in [0.15, 0.2) is 0 Å². The molecule has 0 aromatic carbocycles. The molecule has 3 heteroatoms. The molecule has 0 saturated carbocycles. The van der Waals surface area contributed by atoms with Crippen LogP contribution in [0.1, 0.15) is 32.6 Å². The number of nitrogens with one attached hydrogen (secondary N) is 1. The predicted octanol–water partition coefficient (Wildman–Crippen LogP) is 1.33. The molecule has 1 fully saturated rings. The molecule has 1 unspecified atom stereocenters. The summed E-state index contributed by atoms with van der Waals surface area (Å²) >= 11 is 0. The Balaban J connectivity index is 1.95. The molecule has 0 amide bonds. The minimum atomic E-state index is -0.165. The minimum Gasteiger partial charge on any atom is -0.466 e. The molecule has 1 aliphatic heterocycles. The van der Waals surface area contributed by atoms with E-state index in [0.29, 0.717) is 6.61 Å². The van der Waals surface area contributed by atoms with Gasteiger partial charge in [-0.05, 0) is 44.7 Å². The highest BCUT2D eigenvalue weighted by molar-refractivity contribution is 5.65. The van der Waals surface area contributed by atoms with Crippen molar-refractivity contribution in [2.75, 3.05) is 19.7 Å². The van der Waals surface area contributed by atoms with Gasteiger partial charge in [-0.1, -0.05) is 0 Å². The number of piperidine rings is 1. The third-order valence-corrected chi connectivity index (χ3v) is 2.46. The maximum absolute atomic E-state index is 10.5. The van der Waals surface area contributed by atoms with Gasteiger partial charge < -0.3 is 10.1 Å². The van der Waals surface area contributed by atoms with Crippen molar-refractivity contribution in [1.82, 2.24) is 5.32 Å². The maximum atomic E-state index is 10.5. The van der Waals surface area contributed by atoms with Gasteiger partial charge in [0.05, 0.1) is 6.61 Å². The fourth-order valence-corrected chi connectivity index (χ4v) is 1.76. The van der Waals surface area contributed by atoms with E-state index in [1.54, 1.807) is 0 Å². The van der Waals surface area contributed by atoms with Gasteiger partial charge in [0.2, 0.25) is 0 Å². The van der Waals surface area contributed by atoms with Crippen LogP contribution in [0.25, 0.3) is 0 Å². The first-order valence-corrected chi connectivity index (χ1v) is 5.13. The Morgan fingerprint density at radius 1 is 1.62 bits per heavy atom. The normalized spacial score (nSPS) is 22.7. The first-order chi connectivity index (χ1) is 6.29. The Labute approximate surface area is 79.8 Å². The molecule has 0 aromatic heterocycles. The smallest absolute Gasteiger partial charge is 0.302 e. The van der Waals surface area contributed by atoms with Crippen LogP contribution in [-0.4, -0.2) is 25.7 Å². The molecule has 1 aliphatic rings. The van der Waals surface area contributed by atoms with E-state index in [4.69, 9.17) is 4.74 Å². The molecular formula is C10H19NO2. The zero-order valence-corrected chi connectivity index (χ0v) is 8.34. The third-order valence-electron chi connectivity index (χ3n) is 2.46. The molecule has 0 aliphatic carbocycles. The van der Waals surface area contributed by atoms with Crippen LogP contribution in [-0.2, 0) is 9.53 Å². The van der Waals surface area contributed by atoms with Crippen molar-refractivity contribution in [2.45, 2.75) is 32.6 Å². The zero-order valence-electron chi connectivity index (χ0n) is 8.34. The van der Waals surface area contributed by atoms with Crippen LogP contribution in [0.5, 0.6) is 0 Å². The second kappa shape index (κ2) is 5.97. The number of rotatable bonds is 4. The van der Waals surface area contributed by atoms with E-state index < -0.39 is 0 Å². The van der Waals surface area contributed by atoms with Crippen molar-refractivity contribution in [3.63, 3.8) is 0 Å².